The molecule has 2 N–H and O–H groups in total. The molecule has 1 aliphatic heterocycles. The lowest BCUT2D eigenvalue weighted by atomic mass is 9.89. The number of nitrogens with zero attached hydrogens (tertiary/aromatic N) is 2. The zero-order valence-corrected chi connectivity index (χ0v) is 19.4. The Morgan fingerprint density at radius 3 is 2.66 bits per heavy atom. The van der Waals surface area contributed by atoms with E-state index in [2.05, 4.69) is 20.3 Å². The van der Waals surface area contributed by atoms with E-state index >= 15 is 0 Å². The van der Waals surface area contributed by atoms with Gasteiger partial charge in [-0.05, 0) is 43.7 Å². The number of benzene rings is 2. The van der Waals surface area contributed by atoms with Crippen molar-refractivity contribution in [1.82, 2.24) is 9.97 Å². The molecule has 0 aliphatic carbocycles. The Kier molecular flexibility index (Phi) is 6.44. The second-order valence-electron chi connectivity index (χ2n) is 8.39. The fourth-order valence-corrected chi connectivity index (χ4v) is 3.99. The lowest BCUT2D eigenvalue weighted by molar-refractivity contribution is -0.179. The molecule has 5 nitrogen and oxygen atoms in total. The quantitative estimate of drug-likeness (QED) is 0.363. The highest BCUT2D eigenvalue weighted by Crippen LogP contribution is 2.40. The van der Waals surface area contributed by atoms with Crippen LogP contribution in [0.3, 0.4) is 0 Å². The number of carbonyl (C=O) groups is 1. The molecule has 35 heavy (non-hydrogen) atoms. The first-order valence-electron chi connectivity index (χ1n) is 10.7. The van der Waals surface area contributed by atoms with Crippen molar-refractivity contribution in [3.63, 3.8) is 0 Å². The first-order valence-corrected chi connectivity index (χ1v) is 11.1. The summed E-state index contributed by atoms with van der Waals surface area (Å²) in [5, 5.41) is 2.88. The molecule has 1 unspecified atom stereocenters. The normalized spacial score (nSPS) is 18.4. The molecule has 1 aliphatic rings. The minimum absolute atomic E-state index is 0.0753. The smallest absolute Gasteiger partial charge is 0.338 e. The summed E-state index contributed by atoms with van der Waals surface area (Å²) in [6, 6.07) is 6.77. The average Bonchev–Trinajstić information content (AvgIpc) is 3.22. The van der Waals surface area contributed by atoms with Crippen LogP contribution in [-0.4, -0.2) is 33.3 Å². The Balaban J connectivity index is 1.63. The predicted molar refractivity (Wildman–Crippen MR) is 125 cm³/mol. The number of rotatable bonds is 5. The summed E-state index contributed by atoms with van der Waals surface area (Å²) in [6.45, 7) is 2.78. The Hall–Kier alpha value is -3.27. The third-order valence-electron chi connectivity index (χ3n) is 5.76. The summed E-state index contributed by atoms with van der Waals surface area (Å²) in [5.41, 5.74) is -1.49. The number of imidazole rings is 1. The Morgan fingerprint density at radius 2 is 1.97 bits per heavy atom. The van der Waals surface area contributed by atoms with E-state index in [1.165, 1.54) is 30.3 Å². The second-order valence-corrected chi connectivity index (χ2v) is 8.80. The molecule has 0 radical (unpaired) electrons. The molecule has 0 saturated heterocycles. The predicted octanol–water partition coefficient (Wildman–Crippen LogP) is 6.99. The zero-order chi connectivity index (χ0) is 25.5. The number of hydrogen-bond acceptors (Lipinski definition) is 3. The number of nitrogens with one attached hydrogen (secondary N) is 2. The first-order chi connectivity index (χ1) is 16.4. The van der Waals surface area contributed by atoms with Gasteiger partial charge in [0.2, 0.25) is 0 Å². The van der Waals surface area contributed by atoms with Gasteiger partial charge in [0.05, 0.1) is 16.1 Å². The van der Waals surface area contributed by atoms with Gasteiger partial charge in [-0.2, -0.15) is 13.2 Å². The maximum atomic E-state index is 14.1. The molecule has 1 atom stereocenters. The van der Waals surface area contributed by atoms with Gasteiger partial charge < -0.3 is 10.3 Å². The molecule has 0 saturated carbocycles. The lowest BCUT2D eigenvalue weighted by Crippen LogP contribution is -2.43. The van der Waals surface area contributed by atoms with Crippen LogP contribution >= 0.6 is 11.6 Å². The van der Waals surface area contributed by atoms with Crippen molar-refractivity contribution >= 4 is 39.9 Å². The van der Waals surface area contributed by atoms with E-state index in [0.717, 1.165) is 13.0 Å². The van der Waals surface area contributed by atoms with Crippen molar-refractivity contribution in [3.8, 4) is 11.4 Å². The van der Waals surface area contributed by atoms with Gasteiger partial charge in [0.1, 0.15) is 11.3 Å². The van der Waals surface area contributed by atoms with Crippen LogP contribution < -0.4 is 5.32 Å². The van der Waals surface area contributed by atoms with Crippen molar-refractivity contribution in [1.29, 1.82) is 0 Å². The summed E-state index contributed by atoms with van der Waals surface area (Å²) in [7, 11) is 0. The lowest BCUT2D eigenvalue weighted by Gasteiger charge is -2.31. The van der Waals surface area contributed by atoms with Crippen LogP contribution in [0.5, 0.6) is 0 Å². The molecule has 2 aromatic carbocycles. The van der Waals surface area contributed by atoms with Gasteiger partial charge in [0.15, 0.2) is 17.2 Å². The minimum Gasteiger partial charge on any atom is -0.338 e. The van der Waals surface area contributed by atoms with E-state index in [-0.39, 0.29) is 45.3 Å². The van der Waals surface area contributed by atoms with Gasteiger partial charge in [0, 0.05) is 23.4 Å². The van der Waals surface area contributed by atoms with E-state index in [9.17, 15) is 26.7 Å². The molecule has 11 heteroatoms. The summed E-state index contributed by atoms with van der Waals surface area (Å²) in [5.74, 6) is -2.62. The van der Waals surface area contributed by atoms with E-state index in [1.54, 1.807) is 6.92 Å². The minimum atomic E-state index is -4.55. The molecule has 2 heterocycles. The van der Waals surface area contributed by atoms with Crippen molar-refractivity contribution in [2.24, 2.45) is 4.99 Å². The number of dihydropyridines is 1. The van der Waals surface area contributed by atoms with Crippen molar-refractivity contribution in [2.45, 2.75) is 44.8 Å². The molecule has 4 rings (SSSR count). The highest BCUT2D eigenvalue weighted by Gasteiger charge is 2.52. The summed E-state index contributed by atoms with van der Waals surface area (Å²) in [4.78, 5) is 23.8. The highest BCUT2D eigenvalue weighted by atomic mass is 35.5. The van der Waals surface area contributed by atoms with Crippen LogP contribution in [0.2, 0.25) is 5.02 Å². The van der Waals surface area contributed by atoms with Crippen LogP contribution in [0.1, 0.15) is 33.1 Å². The molecule has 0 spiro atoms. The number of aromatic nitrogens is 2. The van der Waals surface area contributed by atoms with Gasteiger partial charge in [-0.1, -0.05) is 31.0 Å². The van der Waals surface area contributed by atoms with Crippen molar-refractivity contribution in [2.75, 3.05) is 5.32 Å². The number of aromatic amines is 1. The number of alkyl halides is 3. The molecule has 0 bridgehead atoms. The topological polar surface area (TPSA) is 70.1 Å². The van der Waals surface area contributed by atoms with Gasteiger partial charge in [-0.15, -0.1) is 0 Å². The third-order valence-corrected chi connectivity index (χ3v) is 6.09. The highest BCUT2D eigenvalue weighted by molar-refractivity contribution is 6.33. The maximum Gasteiger partial charge on any atom is 0.413 e. The van der Waals surface area contributed by atoms with E-state index < -0.39 is 35.7 Å². The van der Waals surface area contributed by atoms with Crippen molar-refractivity contribution < 1.29 is 26.7 Å². The van der Waals surface area contributed by atoms with E-state index in [4.69, 9.17) is 11.6 Å². The van der Waals surface area contributed by atoms with Crippen molar-refractivity contribution in [3.05, 3.63) is 58.6 Å². The number of anilines is 1. The fourth-order valence-electron chi connectivity index (χ4n) is 3.78. The average molecular weight is 511 g/mol. The maximum absolute atomic E-state index is 14.1. The SMILES string of the molecule is CCCC1=NC(C)(C(F)(F)F)CC=C1C(=O)Nc1ccc(Cl)c(-c2nc3c(F)c(F)ccc3[nH]2)c1. The molecular weight excluding hydrogens is 491 g/mol. The zero-order valence-electron chi connectivity index (χ0n) is 18.7. The van der Waals surface area contributed by atoms with E-state index in [1.807, 2.05) is 0 Å². The van der Waals surface area contributed by atoms with Crippen LogP contribution in [0.15, 0.2) is 47.0 Å². The second kappa shape index (κ2) is 9.07. The number of amides is 1. The Bertz CT molecular complexity index is 1380. The first kappa shape index (κ1) is 24.8. The van der Waals surface area contributed by atoms with Crippen LogP contribution in [0, 0.1) is 11.6 Å². The fraction of sp³-hybridized carbons (Fsp3) is 0.292. The molecule has 1 aromatic heterocycles. The number of H-pyrrole nitrogens is 1. The van der Waals surface area contributed by atoms with Crippen LogP contribution in [0.4, 0.5) is 27.6 Å². The van der Waals surface area contributed by atoms with Crippen LogP contribution in [-0.2, 0) is 4.79 Å². The molecular formula is C24H20ClF5N4O. The largest absolute Gasteiger partial charge is 0.413 e. The number of carbonyl (C=O) groups excluding carboxylic acids is 1. The molecule has 184 valence electrons. The molecule has 0 fully saturated rings. The Labute approximate surface area is 202 Å². The summed E-state index contributed by atoms with van der Waals surface area (Å²) >= 11 is 6.28. The number of aliphatic imine (C=N–C) groups is 1. The number of fused-ring (bicyclic) bond motifs is 1. The van der Waals surface area contributed by atoms with Gasteiger partial charge in [-0.25, -0.2) is 13.8 Å². The van der Waals surface area contributed by atoms with Gasteiger partial charge >= 0.3 is 6.18 Å². The van der Waals surface area contributed by atoms with Crippen LogP contribution in [0.25, 0.3) is 22.4 Å². The standard InChI is InChI=1S/C24H20ClF5N4O/c1-3-4-17-13(9-10-23(2,34-17)24(28,29)30)22(35)31-12-5-6-15(25)14(11-12)21-32-18-8-7-16(26)19(27)20(18)33-21/h5-9,11H,3-4,10H2,1-2H3,(H,31,35)(H,32,33). The molecule has 1 amide bonds. The summed E-state index contributed by atoms with van der Waals surface area (Å²) in [6.07, 6.45) is -3.04. The molecule has 3 aromatic rings. The number of hydrogen-bond donors (Lipinski definition) is 2. The Morgan fingerprint density at radius 1 is 1.23 bits per heavy atom. The van der Waals surface area contributed by atoms with E-state index in [0.29, 0.717) is 12.0 Å². The summed E-state index contributed by atoms with van der Waals surface area (Å²) < 4.78 is 68.1. The third kappa shape index (κ3) is 4.67. The monoisotopic (exact) mass is 510 g/mol. The van der Waals surface area contributed by atoms with Gasteiger partial charge in [0.25, 0.3) is 5.91 Å². The van der Waals surface area contributed by atoms with Gasteiger partial charge in [-0.3, -0.25) is 9.79 Å². The number of halogens is 6.